The molecular weight excluding hydrogens is 400 g/mol. The van der Waals surface area contributed by atoms with Crippen LogP contribution in [0.4, 0.5) is 0 Å². The summed E-state index contributed by atoms with van der Waals surface area (Å²) in [6.07, 6.45) is 2.74. The number of amides is 1. The summed E-state index contributed by atoms with van der Waals surface area (Å²) in [4.78, 5) is 12.8. The molecule has 1 N–H and O–H groups in total. The monoisotopic (exact) mass is 422 g/mol. The van der Waals surface area contributed by atoms with E-state index in [0.29, 0.717) is 30.4 Å². The Hall–Kier alpha value is -2.09. The summed E-state index contributed by atoms with van der Waals surface area (Å²) in [7, 11) is -2.18. The average Bonchev–Trinajstić information content (AvgIpc) is 2.73. The minimum absolute atomic E-state index is 0.104. The topological polar surface area (TPSA) is 75.7 Å². The molecule has 1 amide bonds. The molecule has 0 atom stereocenters. The third kappa shape index (κ3) is 4.66. The fourth-order valence-electron chi connectivity index (χ4n) is 3.16. The molecule has 2 aromatic rings. The molecular formula is C20H23ClN2O4S. The number of halogens is 1. The van der Waals surface area contributed by atoms with Crippen LogP contribution in [0.3, 0.4) is 0 Å². The van der Waals surface area contributed by atoms with E-state index in [-0.39, 0.29) is 10.5 Å². The van der Waals surface area contributed by atoms with Crippen molar-refractivity contribution in [1.82, 2.24) is 9.62 Å². The quantitative estimate of drug-likeness (QED) is 0.773. The molecule has 6 nitrogen and oxygen atoms in total. The maximum Gasteiger partial charge on any atom is 0.255 e. The maximum absolute atomic E-state index is 12.9. The van der Waals surface area contributed by atoms with Crippen LogP contribution in [0, 0.1) is 0 Å². The number of hydrogen-bond acceptors (Lipinski definition) is 4. The molecule has 1 heterocycles. The molecule has 0 unspecified atom stereocenters. The molecule has 0 saturated carbocycles. The minimum Gasteiger partial charge on any atom is -0.496 e. The normalized spacial score (nSPS) is 15.2. The fraction of sp³-hybridized carbons (Fsp3) is 0.350. The number of piperidine rings is 1. The van der Waals surface area contributed by atoms with Crippen molar-refractivity contribution in [2.24, 2.45) is 0 Å². The Morgan fingerprint density at radius 3 is 2.43 bits per heavy atom. The van der Waals surface area contributed by atoms with Crippen LogP contribution in [-0.2, 0) is 16.6 Å². The molecule has 1 saturated heterocycles. The van der Waals surface area contributed by atoms with Gasteiger partial charge in [-0.3, -0.25) is 4.79 Å². The fourth-order valence-corrected chi connectivity index (χ4v) is 4.83. The summed E-state index contributed by atoms with van der Waals surface area (Å²) in [5.41, 5.74) is 1.07. The average molecular weight is 423 g/mol. The Balaban J connectivity index is 1.82. The van der Waals surface area contributed by atoms with Crippen molar-refractivity contribution in [3.63, 3.8) is 0 Å². The predicted octanol–water partition coefficient (Wildman–Crippen LogP) is 3.45. The van der Waals surface area contributed by atoms with E-state index >= 15 is 0 Å². The van der Waals surface area contributed by atoms with Gasteiger partial charge in [-0.15, -0.1) is 0 Å². The lowest BCUT2D eigenvalue weighted by atomic mass is 10.1. The lowest BCUT2D eigenvalue weighted by Crippen LogP contribution is -2.35. The van der Waals surface area contributed by atoms with Crippen molar-refractivity contribution in [1.29, 1.82) is 0 Å². The van der Waals surface area contributed by atoms with Gasteiger partial charge < -0.3 is 10.1 Å². The van der Waals surface area contributed by atoms with Gasteiger partial charge in [0.1, 0.15) is 5.75 Å². The van der Waals surface area contributed by atoms with Gasteiger partial charge in [0.05, 0.1) is 17.6 Å². The van der Waals surface area contributed by atoms with Crippen LogP contribution in [0.5, 0.6) is 5.75 Å². The zero-order valence-corrected chi connectivity index (χ0v) is 17.2. The number of hydrogen-bond donors (Lipinski definition) is 1. The van der Waals surface area contributed by atoms with E-state index < -0.39 is 15.9 Å². The first-order chi connectivity index (χ1) is 13.4. The van der Waals surface area contributed by atoms with Gasteiger partial charge in [0, 0.05) is 24.7 Å². The Morgan fingerprint density at radius 1 is 1.11 bits per heavy atom. The molecule has 8 heteroatoms. The molecule has 0 aliphatic carbocycles. The summed E-state index contributed by atoms with van der Waals surface area (Å²) in [5, 5.41) is 3.42. The van der Waals surface area contributed by atoms with Crippen LogP contribution in [-0.4, -0.2) is 38.8 Å². The first kappa shape index (κ1) is 20.6. The third-order valence-corrected chi connectivity index (χ3v) is 6.88. The standard InChI is InChI=1S/C20H23ClN2O4S/c1-27-19-10-9-17(28(25,26)23-11-3-2-4-12-23)13-18(19)20(24)22-14-15-5-7-16(21)8-6-15/h5-10,13H,2-4,11-12,14H2,1H3,(H,22,24). The van der Waals surface area contributed by atoms with Gasteiger partial charge in [0.25, 0.3) is 5.91 Å². The van der Waals surface area contributed by atoms with Crippen molar-refractivity contribution in [2.75, 3.05) is 20.2 Å². The van der Waals surface area contributed by atoms with Crippen molar-refractivity contribution in [2.45, 2.75) is 30.7 Å². The molecule has 1 fully saturated rings. The van der Waals surface area contributed by atoms with Gasteiger partial charge >= 0.3 is 0 Å². The third-order valence-electron chi connectivity index (χ3n) is 4.73. The van der Waals surface area contributed by atoms with Crippen LogP contribution in [0.1, 0.15) is 35.2 Å². The molecule has 3 rings (SSSR count). The van der Waals surface area contributed by atoms with Crippen LogP contribution in [0.25, 0.3) is 0 Å². The van der Waals surface area contributed by atoms with Gasteiger partial charge in [0.2, 0.25) is 10.0 Å². The Morgan fingerprint density at radius 2 is 1.79 bits per heavy atom. The second-order valence-electron chi connectivity index (χ2n) is 6.64. The van der Waals surface area contributed by atoms with Gasteiger partial charge in [-0.2, -0.15) is 4.31 Å². The molecule has 1 aliphatic heterocycles. The predicted molar refractivity (Wildman–Crippen MR) is 108 cm³/mol. The number of benzene rings is 2. The van der Waals surface area contributed by atoms with E-state index in [1.165, 1.54) is 29.6 Å². The molecule has 1 aliphatic rings. The lowest BCUT2D eigenvalue weighted by molar-refractivity contribution is 0.0947. The highest BCUT2D eigenvalue weighted by atomic mass is 35.5. The highest BCUT2D eigenvalue weighted by Crippen LogP contribution is 2.26. The first-order valence-corrected chi connectivity index (χ1v) is 10.9. The second kappa shape index (κ2) is 8.94. The highest BCUT2D eigenvalue weighted by Gasteiger charge is 2.27. The number of sulfonamides is 1. The molecule has 0 spiro atoms. The van der Waals surface area contributed by atoms with E-state index in [0.717, 1.165) is 24.8 Å². The van der Waals surface area contributed by atoms with E-state index in [1.54, 1.807) is 12.1 Å². The van der Waals surface area contributed by atoms with Crippen molar-refractivity contribution in [3.8, 4) is 5.75 Å². The maximum atomic E-state index is 12.9. The molecule has 0 aromatic heterocycles. The zero-order chi connectivity index (χ0) is 20.1. The molecule has 150 valence electrons. The molecule has 0 radical (unpaired) electrons. The van der Waals surface area contributed by atoms with Crippen molar-refractivity contribution in [3.05, 3.63) is 58.6 Å². The molecule has 2 aromatic carbocycles. The largest absolute Gasteiger partial charge is 0.496 e. The number of methoxy groups -OCH3 is 1. The molecule has 0 bridgehead atoms. The number of rotatable bonds is 6. The van der Waals surface area contributed by atoms with Gasteiger partial charge in [-0.05, 0) is 48.7 Å². The summed E-state index contributed by atoms with van der Waals surface area (Å²) in [6, 6.07) is 11.5. The first-order valence-electron chi connectivity index (χ1n) is 9.12. The van der Waals surface area contributed by atoms with Crippen molar-refractivity contribution < 1.29 is 17.9 Å². The smallest absolute Gasteiger partial charge is 0.255 e. The van der Waals surface area contributed by atoms with Gasteiger partial charge in [0.15, 0.2) is 0 Å². The van der Waals surface area contributed by atoms with Gasteiger partial charge in [-0.1, -0.05) is 30.2 Å². The summed E-state index contributed by atoms with van der Waals surface area (Å²) in [5.74, 6) is -0.0753. The van der Waals surface area contributed by atoms with Crippen LogP contribution in [0.15, 0.2) is 47.4 Å². The van der Waals surface area contributed by atoms with Crippen LogP contribution in [0.2, 0.25) is 5.02 Å². The van der Waals surface area contributed by atoms with E-state index in [4.69, 9.17) is 16.3 Å². The number of ether oxygens (including phenoxy) is 1. The number of nitrogens with zero attached hydrogens (tertiary/aromatic N) is 1. The Bertz CT molecular complexity index is 939. The van der Waals surface area contributed by atoms with E-state index in [9.17, 15) is 13.2 Å². The summed E-state index contributed by atoms with van der Waals surface area (Å²) < 4.78 is 32.6. The lowest BCUT2D eigenvalue weighted by Gasteiger charge is -2.26. The number of carbonyl (C=O) groups is 1. The molecule has 28 heavy (non-hydrogen) atoms. The van der Waals surface area contributed by atoms with E-state index in [2.05, 4.69) is 5.32 Å². The summed E-state index contributed by atoms with van der Waals surface area (Å²) >= 11 is 5.87. The van der Waals surface area contributed by atoms with Crippen LogP contribution >= 0.6 is 11.6 Å². The number of carbonyl (C=O) groups excluding carboxylic acids is 1. The zero-order valence-electron chi connectivity index (χ0n) is 15.7. The minimum atomic E-state index is -3.63. The van der Waals surface area contributed by atoms with E-state index in [1.807, 2.05) is 12.1 Å². The highest BCUT2D eigenvalue weighted by molar-refractivity contribution is 7.89. The summed E-state index contributed by atoms with van der Waals surface area (Å²) in [6.45, 7) is 1.31. The van der Waals surface area contributed by atoms with Crippen LogP contribution < -0.4 is 10.1 Å². The Kier molecular flexibility index (Phi) is 6.59. The van der Waals surface area contributed by atoms with Crippen molar-refractivity contribution >= 4 is 27.5 Å². The number of nitrogens with one attached hydrogen (secondary N) is 1. The van der Waals surface area contributed by atoms with Gasteiger partial charge in [-0.25, -0.2) is 8.42 Å². The second-order valence-corrected chi connectivity index (χ2v) is 9.01. The Labute approximate surface area is 170 Å². The SMILES string of the molecule is COc1ccc(S(=O)(=O)N2CCCCC2)cc1C(=O)NCc1ccc(Cl)cc1.